The average Bonchev–Trinajstić information content (AvgIpc) is 3.80. The topological polar surface area (TPSA) is 165 Å². The van der Waals surface area contributed by atoms with Crippen molar-refractivity contribution in [1.29, 1.82) is 5.26 Å². The minimum Gasteiger partial charge on any atom is -0.371 e. The second kappa shape index (κ2) is 16.4. The summed E-state index contributed by atoms with van der Waals surface area (Å²) in [7, 11) is 0. The highest BCUT2D eigenvalue weighted by Crippen LogP contribution is 2.36. The number of halogens is 3. The normalized spacial score (nSPS) is 20.7. The molecule has 316 valence electrons. The van der Waals surface area contributed by atoms with E-state index in [-0.39, 0.29) is 41.3 Å². The number of anilines is 3. The summed E-state index contributed by atoms with van der Waals surface area (Å²) >= 11 is 6.39. The Hall–Kier alpha value is -6.05. The van der Waals surface area contributed by atoms with Crippen LogP contribution in [-0.2, 0) is 9.59 Å². The van der Waals surface area contributed by atoms with Crippen molar-refractivity contribution in [1.82, 2.24) is 25.4 Å². The number of H-pyrrole nitrogens is 1. The highest BCUT2D eigenvalue weighted by atomic mass is 35.5. The number of hydrogen-bond acceptors (Lipinski definition) is 10. The van der Waals surface area contributed by atoms with Crippen molar-refractivity contribution in [3.05, 3.63) is 87.6 Å². The number of amides is 5. The van der Waals surface area contributed by atoms with Gasteiger partial charge in [-0.05, 0) is 80.5 Å². The van der Waals surface area contributed by atoms with E-state index in [0.29, 0.717) is 74.0 Å². The van der Waals surface area contributed by atoms with Gasteiger partial charge in [0.25, 0.3) is 17.7 Å². The largest absolute Gasteiger partial charge is 0.371 e. The van der Waals surface area contributed by atoms with Gasteiger partial charge in [0.2, 0.25) is 11.8 Å². The molecule has 0 spiro atoms. The summed E-state index contributed by atoms with van der Waals surface area (Å²) in [6.45, 7) is 6.13. The first kappa shape index (κ1) is 40.4. The van der Waals surface area contributed by atoms with Crippen LogP contribution in [0.15, 0.2) is 48.7 Å². The van der Waals surface area contributed by atoms with E-state index in [2.05, 4.69) is 36.4 Å². The number of aromatic amines is 1. The molecule has 4 saturated heterocycles. The van der Waals surface area contributed by atoms with Gasteiger partial charge in [0.05, 0.1) is 44.2 Å². The molecule has 0 aliphatic carbocycles. The number of carbonyl (C=O) groups excluding carboxylic acids is 5. The van der Waals surface area contributed by atoms with E-state index in [1.165, 1.54) is 12.1 Å². The number of imide groups is 2. The van der Waals surface area contributed by atoms with E-state index < -0.39 is 47.2 Å². The zero-order valence-electron chi connectivity index (χ0n) is 33.3. The quantitative estimate of drug-likeness (QED) is 0.210. The van der Waals surface area contributed by atoms with E-state index >= 15 is 8.78 Å². The molecule has 61 heavy (non-hydrogen) atoms. The van der Waals surface area contributed by atoms with E-state index in [0.717, 1.165) is 60.3 Å². The molecule has 5 aliphatic rings. The second-order valence-electron chi connectivity index (χ2n) is 16.5. The summed E-state index contributed by atoms with van der Waals surface area (Å²) in [4.78, 5) is 76.3. The van der Waals surface area contributed by atoms with Crippen molar-refractivity contribution in [2.24, 2.45) is 5.92 Å². The number of hydrogen-bond donors (Lipinski definition) is 3. The van der Waals surface area contributed by atoms with E-state index in [1.54, 1.807) is 18.3 Å². The Morgan fingerprint density at radius 2 is 1.49 bits per heavy atom. The van der Waals surface area contributed by atoms with Crippen molar-refractivity contribution in [3.63, 3.8) is 0 Å². The molecule has 1 atom stereocenters. The molecular weight excluding hydrogens is 808 g/mol. The number of aromatic nitrogens is 1. The van der Waals surface area contributed by atoms with Crippen molar-refractivity contribution >= 4 is 69.1 Å². The van der Waals surface area contributed by atoms with Crippen LogP contribution in [-0.4, -0.2) is 115 Å². The van der Waals surface area contributed by atoms with Gasteiger partial charge in [-0.25, -0.2) is 8.78 Å². The molecule has 3 aromatic carbocycles. The molecule has 0 bridgehead atoms. The fourth-order valence-corrected chi connectivity index (χ4v) is 9.85. The van der Waals surface area contributed by atoms with Gasteiger partial charge < -0.3 is 25.0 Å². The van der Waals surface area contributed by atoms with E-state index in [9.17, 15) is 29.2 Å². The molecule has 9 rings (SSSR count). The van der Waals surface area contributed by atoms with E-state index in [1.807, 2.05) is 17.0 Å². The Balaban J connectivity index is 0.734. The van der Waals surface area contributed by atoms with Crippen molar-refractivity contribution in [2.45, 2.75) is 50.6 Å². The number of piperazine rings is 1. The predicted octanol–water partition coefficient (Wildman–Crippen LogP) is 4.81. The summed E-state index contributed by atoms with van der Waals surface area (Å²) in [6, 6.07) is 12.0. The van der Waals surface area contributed by atoms with Crippen LogP contribution in [0, 0.1) is 28.9 Å². The molecule has 14 nitrogen and oxygen atoms in total. The monoisotopic (exact) mass is 851 g/mol. The number of nitrogens with zero attached hydrogens (tertiary/aromatic N) is 6. The highest BCUT2D eigenvalue weighted by molar-refractivity contribution is 6.36. The van der Waals surface area contributed by atoms with Gasteiger partial charge in [-0.2, -0.15) is 5.26 Å². The second-order valence-corrected chi connectivity index (χ2v) is 17.0. The zero-order valence-corrected chi connectivity index (χ0v) is 34.1. The third-order valence-electron chi connectivity index (χ3n) is 13.0. The molecule has 5 aliphatic heterocycles. The minimum atomic E-state index is -1.12. The lowest BCUT2D eigenvalue weighted by Crippen LogP contribution is -2.54. The van der Waals surface area contributed by atoms with Crippen LogP contribution in [0.1, 0.15) is 75.2 Å². The number of fused-ring (bicyclic) bond motifs is 2. The third kappa shape index (κ3) is 7.65. The molecule has 6 heterocycles. The number of carbonyl (C=O) groups is 5. The van der Waals surface area contributed by atoms with E-state index in [4.69, 9.17) is 11.6 Å². The Bertz CT molecular complexity index is 2500. The maximum atomic E-state index is 15.5. The van der Waals surface area contributed by atoms with Gasteiger partial charge in [-0.3, -0.25) is 39.1 Å². The Kier molecular flexibility index (Phi) is 10.9. The van der Waals surface area contributed by atoms with Crippen LogP contribution in [0.3, 0.4) is 0 Å². The number of nitriles is 1. The van der Waals surface area contributed by atoms with Crippen molar-refractivity contribution < 1.29 is 32.8 Å². The van der Waals surface area contributed by atoms with Gasteiger partial charge in [0.1, 0.15) is 23.7 Å². The van der Waals surface area contributed by atoms with Gasteiger partial charge in [0.15, 0.2) is 0 Å². The summed E-state index contributed by atoms with van der Waals surface area (Å²) in [5, 5.41) is 15.9. The Labute approximate surface area is 355 Å². The fraction of sp³-hybridized carbons (Fsp3) is 0.409. The number of piperidine rings is 3. The molecule has 0 radical (unpaired) electrons. The van der Waals surface area contributed by atoms with Crippen LogP contribution in [0.4, 0.5) is 25.8 Å². The first-order valence-electron chi connectivity index (χ1n) is 20.8. The SMILES string of the molecule is N#Cc1c[nH]c2c(N3CCC(NC(=O)c4ccc(N5CCC(CN6CCN(c7cc8c(cc7F)C(=O)N(C7CCC(=O)NC7=O)C8=O)CC6)CC5)cc4F)CC3)ccc(Cl)c12. The summed E-state index contributed by atoms with van der Waals surface area (Å²) in [5.74, 6) is -3.76. The number of rotatable bonds is 8. The smallest absolute Gasteiger partial charge is 0.262 e. The molecule has 3 N–H and O–H groups in total. The first-order valence-corrected chi connectivity index (χ1v) is 21.2. The first-order chi connectivity index (χ1) is 29.5. The lowest BCUT2D eigenvalue weighted by Gasteiger charge is -2.40. The van der Waals surface area contributed by atoms with Crippen LogP contribution in [0.25, 0.3) is 10.9 Å². The maximum Gasteiger partial charge on any atom is 0.262 e. The van der Waals surface area contributed by atoms with Crippen LogP contribution >= 0.6 is 11.6 Å². The number of benzene rings is 3. The summed E-state index contributed by atoms with van der Waals surface area (Å²) in [5.41, 5.74) is 3.22. The van der Waals surface area contributed by atoms with Crippen molar-refractivity contribution in [3.8, 4) is 6.07 Å². The maximum absolute atomic E-state index is 15.5. The van der Waals surface area contributed by atoms with Gasteiger partial charge in [-0.1, -0.05) is 11.6 Å². The Morgan fingerprint density at radius 3 is 2.18 bits per heavy atom. The lowest BCUT2D eigenvalue weighted by molar-refractivity contribution is -0.136. The summed E-state index contributed by atoms with van der Waals surface area (Å²) in [6.07, 6.45) is 4.87. The minimum absolute atomic E-state index is 0.00395. The molecule has 0 saturated carbocycles. The molecule has 17 heteroatoms. The molecule has 1 unspecified atom stereocenters. The van der Waals surface area contributed by atoms with Crippen molar-refractivity contribution in [2.75, 3.05) is 73.6 Å². The molecule has 5 amide bonds. The van der Waals surface area contributed by atoms with Crippen LogP contribution in [0.5, 0.6) is 0 Å². The van der Waals surface area contributed by atoms with Gasteiger partial charge >= 0.3 is 0 Å². The van der Waals surface area contributed by atoms with Gasteiger partial charge in [-0.15, -0.1) is 0 Å². The number of nitrogens with one attached hydrogen (secondary N) is 3. The average molecular weight is 852 g/mol. The predicted molar refractivity (Wildman–Crippen MR) is 224 cm³/mol. The zero-order chi connectivity index (χ0) is 42.5. The molecular formula is C44H44ClF2N9O5. The van der Waals surface area contributed by atoms with Gasteiger partial charge in [0, 0.05) is 88.6 Å². The third-order valence-corrected chi connectivity index (χ3v) is 13.3. The molecule has 1 aromatic heterocycles. The Morgan fingerprint density at radius 1 is 0.803 bits per heavy atom. The molecule has 4 fully saturated rings. The van der Waals surface area contributed by atoms with Crippen LogP contribution in [0.2, 0.25) is 5.02 Å². The fourth-order valence-electron chi connectivity index (χ4n) is 9.59. The van der Waals surface area contributed by atoms with Crippen LogP contribution < -0.4 is 25.3 Å². The standard InChI is InChI=1S/C44H44ClF2N9O5/c45-32-3-4-35(40-39(32)26(22-48)23-49-40)54-13-9-27(10-14-54)50-41(58)29-2-1-28(19-33(29)46)53-11-7-25(8-12-53)24-52-15-17-55(18-16-52)37-21-31-30(20-34(37)47)43(60)56(44(31)61)36-5-6-38(57)51-42(36)59/h1-4,19-21,23,25,27,36,49H,5-18,24H2,(H,50,58)(H,51,57,59). The highest BCUT2D eigenvalue weighted by Gasteiger charge is 2.45. The summed E-state index contributed by atoms with van der Waals surface area (Å²) < 4.78 is 30.9. The molecule has 4 aromatic rings. The lowest BCUT2D eigenvalue weighted by atomic mass is 9.95.